The molecular weight excluding hydrogens is 338 g/mol. The van der Waals surface area contributed by atoms with Gasteiger partial charge in [-0.2, -0.15) is 0 Å². The highest BCUT2D eigenvalue weighted by molar-refractivity contribution is 6.04. The molecule has 142 valence electrons. The van der Waals surface area contributed by atoms with Crippen molar-refractivity contribution in [3.05, 3.63) is 53.6 Å². The first-order valence-electron chi connectivity index (χ1n) is 9.42. The van der Waals surface area contributed by atoms with Crippen LogP contribution in [0.15, 0.2) is 47.5 Å². The summed E-state index contributed by atoms with van der Waals surface area (Å²) in [6.45, 7) is 10.0. The Hall–Kier alpha value is -2.79. The molecule has 2 aromatic carbocycles. The lowest BCUT2D eigenvalue weighted by Crippen LogP contribution is -2.27. The van der Waals surface area contributed by atoms with E-state index in [9.17, 15) is 5.11 Å². The van der Waals surface area contributed by atoms with E-state index in [0.29, 0.717) is 12.2 Å². The number of benzene rings is 2. The first-order valence-corrected chi connectivity index (χ1v) is 9.42. The van der Waals surface area contributed by atoms with Crippen molar-refractivity contribution in [2.24, 2.45) is 4.99 Å². The summed E-state index contributed by atoms with van der Waals surface area (Å²) >= 11 is 0. The molecule has 27 heavy (non-hydrogen) atoms. The molecule has 5 heteroatoms. The van der Waals surface area contributed by atoms with Crippen molar-refractivity contribution in [2.45, 2.75) is 20.8 Å². The van der Waals surface area contributed by atoms with Crippen LogP contribution in [0.3, 0.4) is 0 Å². The third-order valence-electron chi connectivity index (χ3n) is 4.80. The summed E-state index contributed by atoms with van der Waals surface area (Å²) in [7, 11) is 0. The van der Waals surface area contributed by atoms with Crippen molar-refractivity contribution in [3.63, 3.8) is 0 Å². The van der Waals surface area contributed by atoms with Crippen LogP contribution in [0.1, 0.15) is 25.0 Å². The van der Waals surface area contributed by atoms with Crippen LogP contribution in [0.2, 0.25) is 0 Å². The van der Waals surface area contributed by atoms with Crippen LogP contribution in [-0.2, 0) is 0 Å². The second-order valence-electron chi connectivity index (χ2n) is 6.51. The zero-order valence-corrected chi connectivity index (χ0v) is 16.2. The maximum atomic E-state index is 10.2. The maximum absolute atomic E-state index is 10.2. The maximum Gasteiger partial charge on any atom is 0.198 e. The van der Waals surface area contributed by atoms with E-state index in [0.717, 1.165) is 47.5 Å². The second kappa shape index (κ2) is 8.73. The molecule has 0 unspecified atom stereocenters. The second-order valence-corrected chi connectivity index (χ2v) is 6.51. The van der Waals surface area contributed by atoms with Crippen LogP contribution in [0, 0.1) is 6.92 Å². The quantitative estimate of drug-likeness (QED) is 0.571. The van der Waals surface area contributed by atoms with Crippen LogP contribution in [0.5, 0.6) is 11.6 Å². The summed E-state index contributed by atoms with van der Waals surface area (Å²) in [5.74, 6) is 0.978. The number of aliphatic imine (C=N–C) groups is 1. The van der Waals surface area contributed by atoms with Gasteiger partial charge in [-0.3, -0.25) is 4.99 Å². The molecule has 1 heterocycles. The molecule has 0 saturated carbocycles. The molecule has 0 aliphatic carbocycles. The summed E-state index contributed by atoms with van der Waals surface area (Å²) in [5, 5.41) is 11.2. The Bertz CT molecular complexity index is 909. The fourth-order valence-electron chi connectivity index (χ4n) is 3.17. The van der Waals surface area contributed by atoms with Gasteiger partial charge in [-0.1, -0.05) is 26.0 Å². The molecule has 1 aromatic heterocycles. The number of ether oxygens (including phenoxy) is 1. The fourth-order valence-corrected chi connectivity index (χ4v) is 3.17. The highest BCUT2D eigenvalue weighted by atomic mass is 16.5. The first kappa shape index (κ1) is 19.0. The summed E-state index contributed by atoms with van der Waals surface area (Å²) in [4.78, 5) is 9.83. The minimum absolute atomic E-state index is 0.138. The third kappa shape index (κ3) is 4.49. The lowest BCUT2D eigenvalue weighted by atomic mass is 10.1. The van der Waals surface area contributed by atoms with E-state index in [1.165, 1.54) is 0 Å². The van der Waals surface area contributed by atoms with Gasteiger partial charge in [-0.15, -0.1) is 0 Å². The Morgan fingerprint density at radius 3 is 2.56 bits per heavy atom. The molecule has 3 rings (SSSR count). The van der Waals surface area contributed by atoms with E-state index >= 15 is 0 Å². The molecule has 2 N–H and O–H groups in total. The molecular formula is C22H27N3O2. The van der Waals surface area contributed by atoms with Gasteiger partial charge in [0.2, 0.25) is 0 Å². The molecule has 5 nitrogen and oxygen atoms in total. The average Bonchev–Trinajstić information content (AvgIpc) is 3.01. The molecule has 0 atom stereocenters. The van der Waals surface area contributed by atoms with E-state index in [1.54, 1.807) is 6.21 Å². The van der Waals surface area contributed by atoms with Gasteiger partial charge >= 0.3 is 0 Å². The van der Waals surface area contributed by atoms with E-state index in [2.05, 4.69) is 28.7 Å². The standard InChI is InChI=1S/C22H27N3O2/c1-4-25(5-2)13-14-27-18-11-9-17(10-12-18)23-15-19-21-16(3)7-6-8-20(21)24-22(19)26/h6-12,15,24,26H,4-5,13-14H2,1-3H3. The summed E-state index contributed by atoms with van der Waals surface area (Å²) in [5.41, 5.74) is 3.53. The Balaban J connectivity index is 1.67. The summed E-state index contributed by atoms with van der Waals surface area (Å²) in [6.07, 6.45) is 1.71. The van der Waals surface area contributed by atoms with Crippen molar-refractivity contribution in [1.29, 1.82) is 0 Å². The SMILES string of the molecule is CCN(CC)CCOc1ccc(N=Cc2c(O)[nH]c3cccc(C)c23)cc1. The zero-order chi connectivity index (χ0) is 19.2. The van der Waals surface area contributed by atoms with Crippen molar-refractivity contribution < 1.29 is 9.84 Å². The fraction of sp³-hybridized carbons (Fsp3) is 0.318. The Morgan fingerprint density at radius 1 is 1.11 bits per heavy atom. The number of aromatic nitrogens is 1. The predicted molar refractivity (Wildman–Crippen MR) is 112 cm³/mol. The summed E-state index contributed by atoms with van der Waals surface area (Å²) in [6, 6.07) is 13.6. The number of likely N-dealkylation sites (N-methyl/N-ethyl adjacent to an activating group) is 1. The number of nitrogens with zero attached hydrogens (tertiary/aromatic N) is 2. The molecule has 0 amide bonds. The van der Waals surface area contributed by atoms with E-state index in [4.69, 9.17) is 4.74 Å². The van der Waals surface area contributed by atoms with Crippen molar-refractivity contribution >= 4 is 22.8 Å². The highest BCUT2D eigenvalue weighted by Gasteiger charge is 2.10. The monoisotopic (exact) mass is 365 g/mol. The number of rotatable bonds is 8. The topological polar surface area (TPSA) is 60.9 Å². The molecule has 0 spiro atoms. The third-order valence-corrected chi connectivity index (χ3v) is 4.80. The van der Waals surface area contributed by atoms with Crippen LogP contribution in [0.4, 0.5) is 5.69 Å². The summed E-state index contributed by atoms with van der Waals surface area (Å²) < 4.78 is 5.80. The van der Waals surface area contributed by atoms with Crippen LogP contribution in [-0.4, -0.2) is 47.4 Å². The number of aryl methyl sites for hydroxylation is 1. The van der Waals surface area contributed by atoms with E-state index in [-0.39, 0.29) is 5.88 Å². The van der Waals surface area contributed by atoms with Gasteiger partial charge in [-0.05, 0) is 55.9 Å². The van der Waals surface area contributed by atoms with Crippen molar-refractivity contribution in [1.82, 2.24) is 9.88 Å². The van der Waals surface area contributed by atoms with E-state index < -0.39 is 0 Å². The predicted octanol–water partition coefficient (Wildman–Crippen LogP) is 4.65. The van der Waals surface area contributed by atoms with Crippen molar-refractivity contribution in [2.75, 3.05) is 26.2 Å². The van der Waals surface area contributed by atoms with Crippen LogP contribution >= 0.6 is 0 Å². The Kier molecular flexibility index (Phi) is 6.14. The van der Waals surface area contributed by atoms with Crippen molar-refractivity contribution in [3.8, 4) is 11.6 Å². The number of hydrogen-bond donors (Lipinski definition) is 2. The number of hydrogen-bond acceptors (Lipinski definition) is 4. The first-order chi connectivity index (χ1) is 13.1. The normalized spacial score (nSPS) is 11.7. The minimum atomic E-state index is 0.138. The molecule has 0 aliphatic heterocycles. The minimum Gasteiger partial charge on any atom is -0.494 e. The number of aromatic amines is 1. The number of H-pyrrole nitrogens is 1. The van der Waals surface area contributed by atoms with Gasteiger partial charge in [0, 0.05) is 23.7 Å². The molecule has 0 radical (unpaired) electrons. The Morgan fingerprint density at radius 2 is 1.85 bits per heavy atom. The highest BCUT2D eigenvalue weighted by Crippen LogP contribution is 2.29. The van der Waals surface area contributed by atoms with Gasteiger partial charge in [-0.25, -0.2) is 0 Å². The lowest BCUT2D eigenvalue weighted by Gasteiger charge is -2.17. The smallest absolute Gasteiger partial charge is 0.198 e. The molecule has 0 fully saturated rings. The van der Waals surface area contributed by atoms with Gasteiger partial charge in [0.25, 0.3) is 0 Å². The molecule has 3 aromatic rings. The number of nitrogens with one attached hydrogen (secondary N) is 1. The zero-order valence-electron chi connectivity index (χ0n) is 16.2. The van der Waals surface area contributed by atoms with Crippen LogP contribution < -0.4 is 4.74 Å². The lowest BCUT2D eigenvalue weighted by molar-refractivity contribution is 0.223. The van der Waals surface area contributed by atoms with Gasteiger partial charge < -0.3 is 19.7 Å². The largest absolute Gasteiger partial charge is 0.494 e. The number of fused-ring (bicyclic) bond motifs is 1. The Labute approximate surface area is 160 Å². The van der Waals surface area contributed by atoms with Crippen LogP contribution in [0.25, 0.3) is 10.9 Å². The number of aromatic hydroxyl groups is 1. The molecule has 0 bridgehead atoms. The average molecular weight is 365 g/mol. The molecule has 0 saturated heterocycles. The van der Waals surface area contributed by atoms with E-state index in [1.807, 2.05) is 49.4 Å². The molecule has 0 aliphatic rings. The van der Waals surface area contributed by atoms with Gasteiger partial charge in [0.15, 0.2) is 5.88 Å². The van der Waals surface area contributed by atoms with Gasteiger partial charge in [0.05, 0.1) is 11.3 Å². The van der Waals surface area contributed by atoms with Gasteiger partial charge in [0.1, 0.15) is 12.4 Å².